The lowest BCUT2D eigenvalue weighted by molar-refractivity contribution is 0.0706. The van der Waals surface area contributed by atoms with Crippen LogP contribution in [-0.2, 0) is 13.0 Å². The minimum Gasteiger partial charge on any atom is -0.367 e. The molecule has 27 heavy (non-hydrogen) atoms. The zero-order chi connectivity index (χ0) is 18.6. The van der Waals surface area contributed by atoms with Crippen molar-refractivity contribution in [3.05, 3.63) is 89.5 Å². The first-order valence-corrected chi connectivity index (χ1v) is 8.96. The maximum Gasteiger partial charge on any atom is 0.274 e. The first-order chi connectivity index (χ1) is 13.2. The van der Waals surface area contributed by atoms with Gasteiger partial charge in [0.25, 0.3) is 5.91 Å². The van der Waals surface area contributed by atoms with Crippen molar-refractivity contribution in [3.63, 3.8) is 0 Å². The van der Waals surface area contributed by atoms with Crippen molar-refractivity contribution in [2.24, 2.45) is 0 Å². The molecular weight excluding hydrogens is 338 g/mol. The van der Waals surface area contributed by atoms with Gasteiger partial charge in [-0.15, -0.1) is 0 Å². The Bertz CT molecular complexity index is 940. The molecule has 5 nitrogen and oxygen atoms in total. The summed E-state index contributed by atoms with van der Waals surface area (Å²) in [5.74, 6) is -0.496. The van der Waals surface area contributed by atoms with Gasteiger partial charge in [0, 0.05) is 35.7 Å². The number of fused-ring (bicyclic) bond motifs is 1. The second kappa shape index (κ2) is 7.51. The van der Waals surface area contributed by atoms with Crippen LogP contribution in [0.1, 0.15) is 21.5 Å². The molecule has 0 bridgehead atoms. The van der Waals surface area contributed by atoms with Gasteiger partial charge in [-0.3, -0.25) is 10.0 Å². The Morgan fingerprint density at radius 2 is 1.74 bits per heavy atom. The highest BCUT2D eigenvalue weighted by atomic mass is 16.5. The lowest BCUT2D eigenvalue weighted by atomic mass is 10.1. The molecule has 3 N–H and O–H groups in total. The van der Waals surface area contributed by atoms with Gasteiger partial charge in [-0.2, -0.15) is 0 Å². The molecule has 0 saturated heterocycles. The number of hydrogen-bond donors (Lipinski definition) is 3. The summed E-state index contributed by atoms with van der Waals surface area (Å²) in [6, 6.07) is 24.0. The average molecular weight is 359 g/mol. The number of para-hydroxylation sites is 1. The maximum absolute atomic E-state index is 11.4. The summed E-state index contributed by atoms with van der Waals surface area (Å²) in [6.07, 6.45) is 1.03. The number of nitrogens with one attached hydrogen (secondary N) is 2. The second-order valence-corrected chi connectivity index (χ2v) is 6.64. The van der Waals surface area contributed by atoms with E-state index in [4.69, 9.17) is 5.21 Å². The van der Waals surface area contributed by atoms with Crippen molar-refractivity contribution >= 4 is 23.0 Å². The molecule has 4 rings (SSSR count). The molecule has 0 aliphatic carbocycles. The molecular formula is C22H21N3O2. The number of amides is 1. The summed E-state index contributed by atoms with van der Waals surface area (Å²) in [6.45, 7) is 1.76. The van der Waals surface area contributed by atoms with Gasteiger partial charge in [0.2, 0.25) is 0 Å². The van der Waals surface area contributed by atoms with Gasteiger partial charge < -0.3 is 10.2 Å². The molecule has 1 aliphatic heterocycles. The summed E-state index contributed by atoms with van der Waals surface area (Å²) >= 11 is 0. The highest BCUT2D eigenvalue weighted by Gasteiger charge is 2.19. The molecule has 0 fully saturated rings. The SMILES string of the molecule is O=C(NO)c1ccc(CN2CCc3ccc(Nc4ccccc4)cc32)cc1. The largest absolute Gasteiger partial charge is 0.367 e. The fraction of sp³-hybridized carbons (Fsp3) is 0.136. The Labute approximate surface area is 158 Å². The van der Waals surface area contributed by atoms with E-state index in [9.17, 15) is 4.79 Å². The van der Waals surface area contributed by atoms with Gasteiger partial charge in [0.15, 0.2) is 0 Å². The van der Waals surface area contributed by atoms with E-state index in [0.29, 0.717) is 5.56 Å². The van der Waals surface area contributed by atoms with Crippen molar-refractivity contribution in [2.45, 2.75) is 13.0 Å². The zero-order valence-electron chi connectivity index (χ0n) is 14.9. The number of hydrogen-bond acceptors (Lipinski definition) is 4. The average Bonchev–Trinajstić information content (AvgIpc) is 3.11. The molecule has 0 atom stereocenters. The van der Waals surface area contributed by atoms with Crippen LogP contribution >= 0.6 is 0 Å². The molecule has 5 heteroatoms. The Morgan fingerprint density at radius 1 is 0.963 bits per heavy atom. The van der Waals surface area contributed by atoms with Crippen LogP contribution in [-0.4, -0.2) is 17.7 Å². The molecule has 0 saturated carbocycles. The number of rotatable bonds is 5. The number of nitrogens with zero attached hydrogens (tertiary/aromatic N) is 1. The third-order valence-electron chi connectivity index (χ3n) is 4.83. The second-order valence-electron chi connectivity index (χ2n) is 6.64. The van der Waals surface area contributed by atoms with Crippen molar-refractivity contribution < 1.29 is 10.0 Å². The topological polar surface area (TPSA) is 64.6 Å². The summed E-state index contributed by atoms with van der Waals surface area (Å²) in [5.41, 5.74) is 7.96. The van der Waals surface area contributed by atoms with E-state index in [1.165, 1.54) is 11.3 Å². The number of benzene rings is 3. The van der Waals surface area contributed by atoms with Crippen LogP contribution in [0.25, 0.3) is 0 Å². The molecule has 3 aromatic rings. The van der Waals surface area contributed by atoms with Crippen LogP contribution < -0.4 is 15.7 Å². The first kappa shape index (κ1) is 17.1. The van der Waals surface area contributed by atoms with Gasteiger partial charge in [-0.05, 0) is 53.9 Å². The smallest absolute Gasteiger partial charge is 0.274 e. The van der Waals surface area contributed by atoms with E-state index in [-0.39, 0.29) is 0 Å². The molecule has 0 radical (unpaired) electrons. The molecule has 136 valence electrons. The monoisotopic (exact) mass is 359 g/mol. The zero-order valence-corrected chi connectivity index (χ0v) is 14.9. The van der Waals surface area contributed by atoms with E-state index in [0.717, 1.165) is 36.4 Å². The first-order valence-electron chi connectivity index (χ1n) is 8.96. The van der Waals surface area contributed by atoms with Gasteiger partial charge >= 0.3 is 0 Å². The molecule has 1 heterocycles. The van der Waals surface area contributed by atoms with Gasteiger partial charge in [0.1, 0.15) is 0 Å². The van der Waals surface area contributed by atoms with Gasteiger partial charge in [0.05, 0.1) is 0 Å². The Morgan fingerprint density at radius 3 is 2.48 bits per heavy atom. The quantitative estimate of drug-likeness (QED) is 0.474. The van der Waals surface area contributed by atoms with Crippen LogP contribution in [0.15, 0.2) is 72.8 Å². The predicted molar refractivity (Wildman–Crippen MR) is 107 cm³/mol. The summed E-state index contributed by atoms with van der Waals surface area (Å²) < 4.78 is 0. The van der Waals surface area contributed by atoms with E-state index < -0.39 is 5.91 Å². The molecule has 0 aromatic heterocycles. The minimum atomic E-state index is -0.496. The van der Waals surface area contributed by atoms with E-state index in [2.05, 4.69) is 40.5 Å². The predicted octanol–water partition coefficient (Wildman–Crippen LogP) is 4.11. The third-order valence-corrected chi connectivity index (χ3v) is 4.83. The third kappa shape index (κ3) is 3.78. The maximum atomic E-state index is 11.4. The fourth-order valence-electron chi connectivity index (χ4n) is 3.42. The van der Waals surface area contributed by atoms with E-state index in [1.54, 1.807) is 17.6 Å². The lowest BCUT2D eigenvalue weighted by Gasteiger charge is -2.20. The van der Waals surface area contributed by atoms with Crippen molar-refractivity contribution in [3.8, 4) is 0 Å². The summed E-state index contributed by atoms with van der Waals surface area (Å²) in [4.78, 5) is 13.8. The number of carbonyl (C=O) groups is 1. The van der Waals surface area contributed by atoms with E-state index in [1.807, 2.05) is 30.3 Å². The van der Waals surface area contributed by atoms with Crippen LogP contribution in [0, 0.1) is 0 Å². The van der Waals surface area contributed by atoms with Crippen LogP contribution in [0.2, 0.25) is 0 Å². The van der Waals surface area contributed by atoms with Crippen LogP contribution in [0.4, 0.5) is 17.1 Å². The minimum absolute atomic E-state index is 0.442. The van der Waals surface area contributed by atoms with Crippen molar-refractivity contribution in [1.29, 1.82) is 0 Å². The normalized spacial score (nSPS) is 12.6. The van der Waals surface area contributed by atoms with Gasteiger partial charge in [-0.25, -0.2) is 5.48 Å². The Balaban J connectivity index is 1.50. The lowest BCUT2D eigenvalue weighted by Crippen LogP contribution is -2.20. The molecule has 1 amide bonds. The number of hydroxylamine groups is 1. The van der Waals surface area contributed by atoms with Gasteiger partial charge in [-0.1, -0.05) is 36.4 Å². The Kier molecular flexibility index (Phi) is 4.77. The number of carbonyl (C=O) groups excluding carboxylic acids is 1. The molecule has 1 aliphatic rings. The molecule has 0 spiro atoms. The molecule has 0 unspecified atom stereocenters. The highest BCUT2D eigenvalue weighted by Crippen LogP contribution is 2.33. The molecule has 3 aromatic carbocycles. The highest BCUT2D eigenvalue weighted by molar-refractivity contribution is 5.93. The van der Waals surface area contributed by atoms with E-state index >= 15 is 0 Å². The van der Waals surface area contributed by atoms with Crippen LogP contribution in [0.3, 0.4) is 0 Å². The van der Waals surface area contributed by atoms with Crippen molar-refractivity contribution in [1.82, 2.24) is 5.48 Å². The summed E-state index contributed by atoms with van der Waals surface area (Å²) in [5, 5.41) is 12.2. The van der Waals surface area contributed by atoms with Crippen LogP contribution in [0.5, 0.6) is 0 Å². The standard InChI is InChI=1S/C22H21N3O2/c26-22(24-27)18-8-6-16(7-9-18)15-25-13-12-17-10-11-20(14-21(17)25)23-19-4-2-1-3-5-19/h1-11,14,23,27H,12-13,15H2,(H,24,26). The van der Waals surface area contributed by atoms with Crippen molar-refractivity contribution in [2.75, 3.05) is 16.8 Å². The fourth-order valence-corrected chi connectivity index (χ4v) is 3.42. The number of anilines is 3. The Hall–Kier alpha value is -3.31. The summed E-state index contributed by atoms with van der Waals surface area (Å²) in [7, 11) is 0.